The molecule has 0 bridgehead atoms. The van der Waals surface area contributed by atoms with Gasteiger partial charge in [0.05, 0.1) is 12.7 Å². The molecule has 3 rings (SSSR count). The number of benzene rings is 2. The van der Waals surface area contributed by atoms with Crippen LogP contribution in [0.2, 0.25) is 0 Å². The van der Waals surface area contributed by atoms with Crippen molar-refractivity contribution in [3.8, 4) is 5.75 Å². The predicted molar refractivity (Wildman–Crippen MR) is 89.6 cm³/mol. The Hall–Kier alpha value is -2.21. The van der Waals surface area contributed by atoms with Crippen LogP contribution in [0.3, 0.4) is 0 Å². The lowest BCUT2D eigenvalue weighted by Gasteiger charge is -2.33. The van der Waals surface area contributed by atoms with Gasteiger partial charge in [0.2, 0.25) is 0 Å². The molecule has 2 aromatic carbocycles. The zero-order chi connectivity index (χ0) is 17.7. The van der Waals surface area contributed by atoms with Crippen molar-refractivity contribution in [2.45, 2.75) is 31.9 Å². The largest absolute Gasteiger partial charge is 0.573 e. The molecule has 1 fully saturated rings. The first-order valence-corrected chi connectivity index (χ1v) is 8.26. The molecule has 0 N–H and O–H groups in total. The lowest BCUT2D eigenvalue weighted by Crippen LogP contribution is -2.36. The molecule has 6 heteroatoms. The fourth-order valence-electron chi connectivity index (χ4n) is 2.92. The molecule has 1 heterocycles. The number of piperidine rings is 1. The summed E-state index contributed by atoms with van der Waals surface area (Å²) in [6.45, 7) is 2.27. The summed E-state index contributed by atoms with van der Waals surface area (Å²) in [6.07, 6.45) is -2.62. The maximum atomic E-state index is 12.1. The molecule has 0 unspecified atom stereocenters. The summed E-state index contributed by atoms with van der Waals surface area (Å²) in [4.78, 5) is 2.34. The minimum absolute atomic E-state index is 0.172. The highest BCUT2D eigenvalue weighted by molar-refractivity contribution is 5.46. The van der Waals surface area contributed by atoms with Gasteiger partial charge in [-0.15, -0.1) is 13.2 Å². The third kappa shape index (κ3) is 5.39. The first kappa shape index (κ1) is 17.6. The number of alkyl halides is 3. The molecule has 1 aliphatic heterocycles. The van der Waals surface area contributed by atoms with Gasteiger partial charge in [0.15, 0.2) is 0 Å². The molecule has 25 heavy (non-hydrogen) atoms. The SMILES string of the molecule is FC(F)(F)Oc1ccc(COC2CCN(c3ccccc3)CC2)cc1. The Morgan fingerprint density at radius 3 is 2.16 bits per heavy atom. The third-order valence-corrected chi connectivity index (χ3v) is 4.21. The van der Waals surface area contributed by atoms with Crippen molar-refractivity contribution >= 4 is 5.69 Å². The Kier molecular flexibility index (Phi) is 5.48. The summed E-state index contributed by atoms with van der Waals surface area (Å²) in [5.41, 5.74) is 2.06. The molecule has 0 saturated carbocycles. The van der Waals surface area contributed by atoms with E-state index in [0.29, 0.717) is 6.61 Å². The van der Waals surface area contributed by atoms with Crippen LogP contribution in [0.4, 0.5) is 18.9 Å². The van der Waals surface area contributed by atoms with Crippen LogP contribution in [0, 0.1) is 0 Å². The minimum Gasteiger partial charge on any atom is -0.406 e. The lowest BCUT2D eigenvalue weighted by atomic mass is 10.1. The number of nitrogens with zero attached hydrogens (tertiary/aromatic N) is 1. The maximum absolute atomic E-state index is 12.1. The standard InChI is InChI=1S/C19H20F3NO2/c20-19(21,22)25-18-8-6-15(7-9-18)14-24-17-10-12-23(13-11-17)16-4-2-1-3-5-16/h1-9,17H,10-14H2. The summed E-state index contributed by atoms with van der Waals surface area (Å²) in [5, 5.41) is 0. The molecular formula is C19H20F3NO2. The molecular weight excluding hydrogens is 331 g/mol. The fourth-order valence-corrected chi connectivity index (χ4v) is 2.92. The van der Waals surface area contributed by atoms with Gasteiger partial charge in [0, 0.05) is 18.8 Å². The van der Waals surface area contributed by atoms with E-state index in [1.165, 1.54) is 17.8 Å². The summed E-state index contributed by atoms with van der Waals surface area (Å²) in [5.74, 6) is -0.215. The summed E-state index contributed by atoms with van der Waals surface area (Å²) < 4.78 is 46.2. The van der Waals surface area contributed by atoms with Gasteiger partial charge in [-0.05, 0) is 42.7 Å². The van der Waals surface area contributed by atoms with E-state index in [-0.39, 0.29) is 11.9 Å². The molecule has 3 nitrogen and oxygen atoms in total. The van der Waals surface area contributed by atoms with E-state index in [9.17, 15) is 13.2 Å². The van der Waals surface area contributed by atoms with E-state index in [4.69, 9.17) is 4.74 Å². The Bertz CT molecular complexity index is 651. The van der Waals surface area contributed by atoms with Crippen LogP contribution >= 0.6 is 0 Å². The van der Waals surface area contributed by atoms with E-state index >= 15 is 0 Å². The average Bonchev–Trinajstić information content (AvgIpc) is 2.61. The number of hydrogen-bond donors (Lipinski definition) is 0. The van der Waals surface area contributed by atoms with Gasteiger partial charge >= 0.3 is 6.36 Å². The van der Waals surface area contributed by atoms with Crippen molar-refractivity contribution < 1.29 is 22.6 Å². The topological polar surface area (TPSA) is 21.7 Å². The quantitative estimate of drug-likeness (QED) is 0.774. The molecule has 0 spiro atoms. The second-order valence-electron chi connectivity index (χ2n) is 6.02. The highest BCUT2D eigenvalue weighted by Crippen LogP contribution is 2.24. The highest BCUT2D eigenvalue weighted by atomic mass is 19.4. The molecule has 1 saturated heterocycles. The van der Waals surface area contributed by atoms with Crippen LogP contribution < -0.4 is 9.64 Å². The number of para-hydroxylation sites is 1. The highest BCUT2D eigenvalue weighted by Gasteiger charge is 2.31. The van der Waals surface area contributed by atoms with Crippen LogP contribution in [-0.2, 0) is 11.3 Å². The second kappa shape index (κ2) is 7.78. The summed E-state index contributed by atoms with van der Waals surface area (Å²) in [6, 6.07) is 16.1. The third-order valence-electron chi connectivity index (χ3n) is 4.21. The molecule has 0 radical (unpaired) electrons. The smallest absolute Gasteiger partial charge is 0.406 e. The molecule has 0 aromatic heterocycles. The molecule has 0 amide bonds. The summed E-state index contributed by atoms with van der Waals surface area (Å²) in [7, 11) is 0. The van der Waals surface area contributed by atoms with E-state index in [1.54, 1.807) is 12.1 Å². The Morgan fingerprint density at radius 1 is 0.920 bits per heavy atom. The van der Waals surface area contributed by atoms with Crippen LogP contribution in [-0.4, -0.2) is 25.6 Å². The Labute approximate surface area is 145 Å². The summed E-state index contributed by atoms with van der Waals surface area (Å²) >= 11 is 0. The Balaban J connectivity index is 1.44. The maximum Gasteiger partial charge on any atom is 0.573 e. The monoisotopic (exact) mass is 351 g/mol. The molecule has 1 aliphatic rings. The van der Waals surface area contributed by atoms with Gasteiger partial charge in [0.25, 0.3) is 0 Å². The van der Waals surface area contributed by atoms with Crippen LogP contribution in [0.25, 0.3) is 0 Å². The van der Waals surface area contributed by atoms with E-state index in [1.807, 2.05) is 18.2 Å². The van der Waals surface area contributed by atoms with Crippen LogP contribution in [0.1, 0.15) is 18.4 Å². The fraction of sp³-hybridized carbons (Fsp3) is 0.368. The van der Waals surface area contributed by atoms with Crippen LogP contribution in [0.5, 0.6) is 5.75 Å². The van der Waals surface area contributed by atoms with Crippen molar-refractivity contribution in [2.24, 2.45) is 0 Å². The van der Waals surface area contributed by atoms with Gasteiger partial charge < -0.3 is 14.4 Å². The molecule has 0 atom stereocenters. The van der Waals surface area contributed by atoms with Crippen molar-refractivity contribution in [1.82, 2.24) is 0 Å². The molecule has 2 aromatic rings. The van der Waals surface area contributed by atoms with Crippen molar-refractivity contribution in [3.05, 3.63) is 60.2 Å². The number of rotatable bonds is 5. The van der Waals surface area contributed by atoms with Gasteiger partial charge in [-0.2, -0.15) is 0 Å². The first-order valence-electron chi connectivity index (χ1n) is 8.26. The zero-order valence-corrected chi connectivity index (χ0v) is 13.7. The number of halogens is 3. The van der Waals surface area contributed by atoms with Crippen LogP contribution in [0.15, 0.2) is 54.6 Å². The number of anilines is 1. The molecule has 134 valence electrons. The predicted octanol–water partition coefficient (Wildman–Crippen LogP) is 4.77. The number of ether oxygens (including phenoxy) is 2. The van der Waals surface area contributed by atoms with Gasteiger partial charge in [-0.3, -0.25) is 0 Å². The second-order valence-corrected chi connectivity index (χ2v) is 6.02. The van der Waals surface area contributed by atoms with Crippen molar-refractivity contribution in [1.29, 1.82) is 0 Å². The van der Waals surface area contributed by atoms with E-state index in [0.717, 1.165) is 31.5 Å². The van der Waals surface area contributed by atoms with Crippen molar-refractivity contribution in [3.63, 3.8) is 0 Å². The normalized spacial score (nSPS) is 16.0. The first-order chi connectivity index (χ1) is 12.0. The van der Waals surface area contributed by atoms with Gasteiger partial charge in [0.1, 0.15) is 5.75 Å². The van der Waals surface area contributed by atoms with Gasteiger partial charge in [-0.25, -0.2) is 0 Å². The number of hydrogen-bond acceptors (Lipinski definition) is 3. The minimum atomic E-state index is -4.66. The van der Waals surface area contributed by atoms with Crippen molar-refractivity contribution in [2.75, 3.05) is 18.0 Å². The zero-order valence-electron chi connectivity index (χ0n) is 13.7. The van der Waals surface area contributed by atoms with Gasteiger partial charge in [-0.1, -0.05) is 30.3 Å². The van der Waals surface area contributed by atoms with E-state index < -0.39 is 6.36 Å². The van der Waals surface area contributed by atoms with E-state index in [2.05, 4.69) is 21.8 Å². The lowest BCUT2D eigenvalue weighted by molar-refractivity contribution is -0.274. The average molecular weight is 351 g/mol. The Morgan fingerprint density at radius 2 is 1.56 bits per heavy atom. The molecule has 0 aliphatic carbocycles.